The smallest absolute Gasteiger partial charge is 0.274 e. The first-order valence-electron chi connectivity index (χ1n) is 11.9. The minimum Gasteiger partial charge on any atom is -0.351 e. The van der Waals surface area contributed by atoms with E-state index < -0.39 is 5.56 Å². The molecule has 0 spiro atoms. The van der Waals surface area contributed by atoms with Gasteiger partial charge in [0.15, 0.2) is 0 Å². The molecule has 2 aliphatic rings. The van der Waals surface area contributed by atoms with Crippen LogP contribution in [0.15, 0.2) is 10.9 Å². The highest BCUT2D eigenvalue weighted by Gasteiger charge is 2.22. The highest BCUT2D eigenvalue weighted by molar-refractivity contribution is 7.20. The third-order valence-corrected chi connectivity index (χ3v) is 7.31. The molecule has 0 bridgehead atoms. The summed E-state index contributed by atoms with van der Waals surface area (Å²) in [6.45, 7) is 13.5. The summed E-state index contributed by atoms with van der Waals surface area (Å²) in [5, 5.41) is 8.44. The Bertz CT molecular complexity index is 967. The number of nitrogens with zero attached hydrogens (tertiary/aromatic N) is 6. The Hall–Kier alpha value is -2.04. The summed E-state index contributed by atoms with van der Waals surface area (Å²) in [5.41, 5.74) is -0.136. The van der Waals surface area contributed by atoms with Crippen molar-refractivity contribution in [2.75, 3.05) is 63.8 Å². The summed E-state index contributed by atoms with van der Waals surface area (Å²) in [5.74, 6) is 0.345. The minimum atomic E-state index is -0.401. The zero-order valence-corrected chi connectivity index (χ0v) is 20.1. The standard InChI is InChI=1S/C22H35N7O2S/c1-3-8-26-11-13-27(14-12-26)9-5-7-23-20(31)18-15-19(30)24-21-29(18)25-22(32-21)28-10-4-6-17(2)16-28/h15,17H,3-14,16H2,1-2H3,(H,23,31)/t17-/m0/s1. The molecule has 10 heteroatoms. The molecule has 2 aromatic rings. The van der Waals surface area contributed by atoms with Crippen molar-refractivity contribution in [1.82, 2.24) is 29.7 Å². The van der Waals surface area contributed by atoms with Crippen molar-refractivity contribution in [3.63, 3.8) is 0 Å². The number of amides is 1. The first kappa shape index (κ1) is 23.1. The number of hydrogen-bond donors (Lipinski definition) is 1. The third kappa shape index (κ3) is 5.65. The number of piperazine rings is 1. The fourth-order valence-corrected chi connectivity index (χ4v) is 5.55. The third-order valence-electron chi connectivity index (χ3n) is 6.35. The largest absolute Gasteiger partial charge is 0.351 e. The van der Waals surface area contributed by atoms with Crippen molar-refractivity contribution < 1.29 is 4.79 Å². The van der Waals surface area contributed by atoms with E-state index in [4.69, 9.17) is 0 Å². The summed E-state index contributed by atoms with van der Waals surface area (Å²) in [4.78, 5) is 36.7. The zero-order valence-electron chi connectivity index (χ0n) is 19.3. The second kappa shape index (κ2) is 10.7. The monoisotopic (exact) mass is 461 g/mol. The SMILES string of the molecule is CCCN1CCN(CCCNC(=O)c2cc(=O)nc3sc(N4CCC[C@H](C)C4)nn23)CC1. The van der Waals surface area contributed by atoms with Crippen LogP contribution in [0.25, 0.3) is 4.96 Å². The van der Waals surface area contributed by atoms with Crippen LogP contribution >= 0.6 is 11.3 Å². The second-order valence-electron chi connectivity index (χ2n) is 9.04. The van der Waals surface area contributed by atoms with Gasteiger partial charge in [0.05, 0.1) is 0 Å². The van der Waals surface area contributed by atoms with E-state index >= 15 is 0 Å². The number of aromatic nitrogens is 3. The number of nitrogens with one attached hydrogen (secondary N) is 1. The molecule has 2 aromatic heterocycles. The summed E-state index contributed by atoms with van der Waals surface area (Å²) in [6, 6.07) is 1.29. The molecule has 0 aliphatic carbocycles. The molecule has 2 fully saturated rings. The van der Waals surface area contributed by atoms with Crippen molar-refractivity contribution in [2.45, 2.75) is 39.5 Å². The summed E-state index contributed by atoms with van der Waals surface area (Å²) in [6.07, 6.45) is 4.44. The summed E-state index contributed by atoms with van der Waals surface area (Å²) < 4.78 is 1.53. The molecule has 9 nitrogen and oxygen atoms in total. The van der Waals surface area contributed by atoms with Gasteiger partial charge in [-0.1, -0.05) is 25.2 Å². The minimum absolute atomic E-state index is 0.265. The van der Waals surface area contributed by atoms with Crippen molar-refractivity contribution in [3.8, 4) is 0 Å². The topological polar surface area (TPSA) is 86.1 Å². The van der Waals surface area contributed by atoms with E-state index in [0.29, 0.717) is 17.4 Å². The highest BCUT2D eigenvalue weighted by Crippen LogP contribution is 2.27. The van der Waals surface area contributed by atoms with Gasteiger partial charge >= 0.3 is 0 Å². The van der Waals surface area contributed by atoms with Crippen LogP contribution in [0, 0.1) is 5.92 Å². The van der Waals surface area contributed by atoms with Gasteiger partial charge in [0.25, 0.3) is 11.5 Å². The fourth-order valence-electron chi connectivity index (χ4n) is 4.61. The molecule has 0 aromatic carbocycles. The van der Waals surface area contributed by atoms with Crippen molar-refractivity contribution in [2.24, 2.45) is 5.92 Å². The molecular weight excluding hydrogens is 426 g/mol. The fraction of sp³-hybridized carbons (Fsp3) is 0.727. The molecule has 0 saturated carbocycles. The van der Waals surface area contributed by atoms with Gasteiger partial charge in [-0.25, -0.2) is 0 Å². The lowest BCUT2D eigenvalue weighted by molar-refractivity contribution is 0.0940. The lowest BCUT2D eigenvalue weighted by atomic mass is 10.0. The lowest BCUT2D eigenvalue weighted by Crippen LogP contribution is -2.47. The van der Waals surface area contributed by atoms with E-state index in [2.05, 4.69) is 43.9 Å². The van der Waals surface area contributed by atoms with E-state index in [-0.39, 0.29) is 11.6 Å². The van der Waals surface area contributed by atoms with Crippen LogP contribution in [0.5, 0.6) is 0 Å². The summed E-state index contributed by atoms with van der Waals surface area (Å²) in [7, 11) is 0. The Morgan fingerprint density at radius 1 is 1.19 bits per heavy atom. The number of anilines is 1. The van der Waals surface area contributed by atoms with Gasteiger partial charge in [-0.05, 0) is 44.7 Å². The van der Waals surface area contributed by atoms with Gasteiger partial charge < -0.3 is 20.0 Å². The molecule has 0 radical (unpaired) electrons. The Morgan fingerprint density at radius 2 is 1.94 bits per heavy atom. The molecule has 2 aliphatic heterocycles. The molecule has 1 atom stereocenters. The molecule has 0 unspecified atom stereocenters. The van der Waals surface area contributed by atoms with Crippen LogP contribution < -0.4 is 15.8 Å². The lowest BCUT2D eigenvalue weighted by Gasteiger charge is -2.34. The maximum Gasteiger partial charge on any atom is 0.274 e. The van der Waals surface area contributed by atoms with Crippen LogP contribution in [0.2, 0.25) is 0 Å². The first-order chi connectivity index (χ1) is 15.5. The van der Waals surface area contributed by atoms with Gasteiger partial charge in [-0.15, -0.1) is 5.10 Å². The Balaban J connectivity index is 1.33. The van der Waals surface area contributed by atoms with Crippen LogP contribution in [0.1, 0.15) is 50.0 Å². The molecule has 1 amide bonds. The first-order valence-corrected chi connectivity index (χ1v) is 12.7. The van der Waals surface area contributed by atoms with Crippen LogP contribution in [-0.4, -0.2) is 89.2 Å². The van der Waals surface area contributed by atoms with Gasteiger partial charge in [0, 0.05) is 51.9 Å². The van der Waals surface area contributed by atoms with Crippen LogP contribution in [0.3, 0.4) is 0 Å². The zero-order chi connectivity index (χ0) is 22.5. The van der Waals surface area contributed by atoms with Crippen molar-refractivity contribution in [3.05, 3.63) is 22.1 Å². The molecule has 2 saturated heterocycles. The number of carbonyl (C=O) groups is 1. The van der Waals surface area contributed by atoms with Crippen molar-refractivity contribution >= 4 is 27.3 Å². The van der Waals surface area contributed by atoms with Crippen molar-refractivity contribution in [1.29, 1.82) is 0 Å². The molecule has 4 rings (SSSR count). The van der Waals surface area contributed by atoms with Crippen LogP contribution in [-0.2, 0) is 0 Å². The predicted octanol–water partition coefficient (Wildman–Crippen LogP) is 1.53. The van der Waals surface area contributed by atoms with E-state index in [9.17, 15) is 9.59 Å². The number of hydrogen-bond acceptors (Lipinski definition) is 8. The number of carbonyl (C=O) groups excluding carboxylic acids is 1. The normalized spacial score (nSPS) is 20.7. The van der Waals surface area contributed by atoms with E-state index in [0.717, 1.165) is 63.8 Å². The number of rotatable bonds is 8. The number of piperidine rings is 1. The van der Waals surface area contributed by atoms with Gasteiger partial charge in [-0.2, -0.15) is 9.50 Å². The Kier molecular flexibility index (Phi) is 7.75. The predicted molar refractivity (Wildman–Crippen MR) is 128 cm³/mol. The number of fused-ring (bicyclic) bond motifs is 1. The van der Waals surface area contributed by atoms with E-state index in [1.54, 1.807) is 0 Å². The Morgan fingerprint density at radius 3 is 2.66 bits per heavy atom. The molecule has 176 valence electrons. The molecule has 4 heterocycles. The molecule has 32 heavy (non-hydrogen) atoms. The average Bonchev–Trinajstić information content (AvgIpc) is 3.21. The van der Waals surface area contributed by atoms with Gasteiger partial charge in [0.1, 0.15) is 5.69 Å². The summed E-state index contributed by atoms with van der Waals surface area (Å²) >= 11 is 1.38. The average molecular weight is 462 g/mol. The maximum absolute atomic E-state index is 12.8. The maximum atomic E-state index is 12.8. The molecular formula is C22H35N7O2S. The second-order valence-corrected chi connectivity index (χ2v) is 9.98. The van der Waals surface area contributed by atoms with E-state index in [1.165, 1.54) is 41.3 Å². The van der Waals surface area contributed by atoms with Gasteiger partial charge in [-0.3, -0.25) is 9.59 Å². The van der Waals surface area contributed by atoms with Crippen LogP contribution in [0.4, 0.5) is 5.13 Å². The quantitative estimate of drug-likeness (QED) is 0.597. The molecule has 1 N–H and O–H groups in total. The van der Waals surface area contributed by atoms with Gasteiger partial charge in [0.2, 0.25) is 10.1 Å². The Labute approximate surface area is 193 Å². The highest BCUT2D eigenvalue weighted by atomic mass is 32.1. The van der Waals surface area contributed by atoms with E-state index in [1.807, 2.05) is 0 Å².